The Morgan fingerprint density at radius 3 is 2.67 bits per heavy atom. The van der Waals surface area contributed by atoms with E-state index in [0.717, 1.165) is 0 Å². The van der Waals surface area contributed by atoms with E-state index < -0.39 is 7.80 Å². The van der Waals surface area contributed by atoms with Crippen molar-refractivity contribution >= 4 is 7.80 Å². The van der Waals surface area contributed by atoms with Crippen molar-refractivity contribution in [3.63, 3.8) is 0 Å². The predicted molar refractivity (Wildman–Crippen MR) is 37.7 cm³/mol. The van der Waals surface area contributed by atoms with Crippen LogP contribution in [-0.4, -0.2) is 37.8 Å². The van der Waals surface area contributed by atoms with Gasteiger partial charge in [0.25, 0.3) is 0 Å². The molecule has 0 aliphatic rings. The molecule has 4 heteroatoms. The minimum Gasteiger partial charge on any atom is -0.394 e. The number of ether oxygens (including phenoxy) is 1. The first-order valence-electron chi connectivity index (χ1n) is 2.95. The Morgan fingerprint density at radius 2 is 2.22 bits per heavy atom. The maximum absolute atomic E-state index is 10.4. The molecule has 0 bridgehead atoms. The molecule has 0 saturated heterocycles. The lowest BCUT2D eigenvalue weighted by atomic mass is 10.7. The molecule has 0 aromatic rings. The van der Waals surface area contributed by atoms with E-state index in [2.05, 4.69) is 0 Å². The summed E-state index contributed by atoms with van der Waals surface area (Å²) in [5.41, 5.74) is 0. The summed E-state index contributed by atoms with van der Waals surface area (Å²) in [5.74, 6) is 0. The first-order chi connectivity index (χ1) is 4.27. The maximum atomic E-state index is 10.4. The van der Waals surface area contributed by atoms with Crippen LogP contribution in [-0.2, 0) is 9.30 Å². The van der Waals surface area contributed by atoms with Crippen LogP contribution in [0.1, 0.15) is 0 Å². The molecule has 0 saturated carbocycles. The van der Waals surface area contributed by atoms with Crippen LogP contribution in [0.3, 0.4) is 0 Å². The second-order valence-corrected chi connectivity index (χ2v) is 3.69. The van der Waals surface area contributed by atoms with Crippen molar-refractivity contribution in [1.82, 2.24) is 0 Å². The molecule has 0 heterocycles. The first-order valence-corrected chi connectivity index (χ1v) is 5.07. The molecule has 0 amide bonds. The normalized spacial score (nSPS) is 13.6. The van der Waals surface area contributed by atoms with Gasteiger partial charge in [0.1, 0.15) is 0 Å². The van der Waals surface area contributed by atoms with Crippen LogP contribution in [0.25, 0.3) is 0 Å². The standard InChI is InChI=1S/C5H13O3P/c1-9(7)5-4-8-3-2-6/h6,9H,2-5H2,1H3. The van der Waals surface area contributed by atoms with Crippen LogP contribution in [0, 0.1) is 0 Å². The van der Waals surface area contributed by atoms with E-state index in [-0.39, 0.29) is 6.61 Å². The molecule has 0 radical (unpaired) electrons. The van der Waals surface area contributed by atoms with E-state index in [1.165, 1.54) is 0 Å². The molecule has 0 spiro atoms. The first kappa shape index (κ1) is 9.15. The van der Waals surface area contributed by atoms with E-state index >= 15 is 0 Å². The Morgan fingerprint density at radius 1 is 1.56 bits per heavy atom. The third kappa shape index (κ3) is 8.15. The summed E-state index contributed by atoms with van der Waals surface area (Å²) in [6.07, 6.45) is 0.630. The summed E-state index contributed by atoms with van der Waals surface area (Å²) in [6, 6.07) is 0. The Kier molecular flexibility index (Phi) is 6.38. The minimum atomic E-state index is -1.37. The van der Waals surface area contributed by atoms with Gasteiger partial charge >= 0.3 is 0 Å². The minimum absolute atomic E-state index is 0.0463. The highest BCUT2D eigenvalue weighted by atomic mass is 31.1. The highest BCUT2D eigenvalue weighted by molar-refractivity contribution is 7.43. The van der Waals surface area contributed by atoms with Crippen LogP contribution in [0.4, 0.5) is 0 Å². The molecule has 0 fully saturated rings. The average molecular weight is 152 g/mol. The number of hydrogen-bond acceptors (Lipinski definition) is 3. The fraction of sp³-hybridized carbons (Fsp3) is 1.00. The summed E-state index contributed by atoms with van der Waals surface area (Å²) in [7, 11) is -1.37. The molecule has 0 aliphatic carbocycles. The van der Waals surface area contributed by atoms with Crippen LogP contribution in [0.5, 0.6) is 0 Å². The Balaban J connectivity index is 2.83. The quantitative estimate of drug-likeness (QED) is 0.451. The Hall–Kier alpha value is 0.150. The van der Waals surface area contributed by atoms with Crippen molar-refractivity contribution in [2.24, 2.45) is 0 Å². The summed E-state index contributed by atoms with van der Waals surface area (Å²) < 4.78 is 15.3. The zero-order chi connectivity index (χ0) is 7.11. The molecule has 1 unspecified atom stereocenters. The molecule has 56 valence electrons. The summed E-state index contributed by atoms with van der Waals surface area (Å²) >= 11 is 0. The van der Waals surface area contributed by atoms with Gasteiger partial charge in [0.05, 0.1) is 27.6 Å². The Labute approximate surface area is 55.8 Å². The lowest BCUT2D eigenvalue weighted by Gasteiger charge is -1.97. The Bertz CT molecular complexity index is 84.3. The molecule has 3 nitrogen and oxygen atoms in total. The van der Waals surface area contributed by atoms with Gasteiger partial charge in [-0.15, -0.1) is 0 Å². The third-order valence-corrected chi connectivity index (χ3v) is 1.74. The van der Waals surface area contributed by atoms with E-state index in [1.54, 1.807) is 6.66 Å². The molecule has 0 rings (SSSR count). The van der Waals surface area contributed by atoms with Gasteiger partial charge in [0.15, 0.2) is 0 Å². The van der Waals surface area contributed by atoms with Crippen LogP contribution < -0.4 is 0 Å². The van der Waals surface area contributed by atoms with Gasteiger partial charge in [-0.2, -0.15) is 0 Å². The van der Waals surface area contributed by atoms with Crippen LogP contribution in [0.2, 0.25) is 0 Å². The highest BCUT2D eigenvalue weighted by Gasteiger charge is 1.89. The SMILES string of the molecule is C[PH](=O)CCOCCO. The van der Waals surface area contributed by atoms with Gasteiger partial charge in [-0.25, -0.2) is 0 Å². The van der Waals surface area contributed by atoms with Crippen molar-refractivity contribution in [2.75, 3.05) is 32.6 Å². The molecule has 1 N–H and O–H groups in total. The molecule has 9 heavy (non-hydrogen) atoms. The number of hydrogen-bond donors (Lipinski definition) is 1. The number of aliphatic hydroxyl groups is 1. The number of rotatable bonds is 5. The summed E-state index contributed by atoms with van der Waals surface area (Å²) in [4.78, 5) is 0. The zero-order valence-corrected chi connectivity index (χ0v) is 6.59. The van der Waals surface area contributed by atoms with Crippen LogP contribution in [0.15, 0.2) is 0 Å². The van der Waals surface area contributed by atoms with Gasteiger partial charge in [-0.05, 0) is 6.66 Å². The average Bonchev–Trinajstić information content (AvgIpc) is 1.80. The zero-order valence-electron chi connectivity index (χ0n) is 5.59. The van der Waals surface area contributed by atoms with Gasteiger partial charge in [-0.3, -0.25) is 0 Å². The maximum Gasteiger partial charge on any atom is 0.0755 e. The van der Waals surface area contributed by atoms with E-state index in [4.69, 9.17) is 9.84 Å². The summed E-state index contributed by atoms with van der Waals surface area (Å²) in [5, 5.41) is 8.24. The highest BCUT2D eigenvalue weighted by Crippen LogP contribution is 2.11. The monoisotopic (exact) mass is 152 g/mol. The van der Waals surface area contributed by atoms with Crippen LogP contribution >= 0.6 is 7.80 Å². The molecule has 0 aromatic carbocycles. The van der Waals surface area contributed by atoms with E-state index in [0.29, 0.717) is 19.4 Å². The third-order valence-electron chi connectivity index (χ3n) is 0.834. The lowest BCUT2D eigenvalue weighted by Crippen LogP contribution is -2.01. The topological polar surface area (TPSA) is 46.5 Å². The second-order valence-electron chi connectivity index (χ2n) is 1.79. The van der Waals surface area contributed by atoms with Crippen molar-refractivity contribution in [3.05, 3.63) is 0 Å². The van der Waals surface area contributed by atoms with Crippen molar-refractivity contribution in [3.8, 4) is 0 Å². The van der Waals surface area contributed by atoms with Gasteiger partial charge in [0, 0.05) is 6.16 Å². The van der Waals surface area contributed by atoms with Gasteiger partial charge in [0.2, 0.25) is 0 Å². The van der Waals surface area contributed by atoms with E-state index in [1.807, 2.05) is 0 Å². The molecular weight excluding hydrogens is 139 g/mol. The number of aliphatic hydroxyl groups excluding tert-OH is 1. The smallest absolute Gasteiger partial charge is 0.0755 e. The molecule has 0 aromatic heterocycles. The fourth-order valence-corrected chi connectivity index (χ4v) is 0.814. The fourth-order valence-electron chi connectivity index (χ4n) is 0.383. The predicted octanol–water partition coefficient (Wildman–Crippen LogP) is 0.185. The molecule has 0 aliphatic heterocycles. The van der Waals surface area contributed by atoms with Gasteiger partial charge in [-0.1, -0.05) is 0 Å². The molecular formula is C5H13O3P. The summed E-state index contributed by atoms with van der Waals surface area (Å²) in [6.45, 7) is 2.61. The molecule has 1 atom stereocenters. The van der Waals surface area contributed by atoms with Gasteiger partial charge < -0.3 is 14.4 Å². The lowest BCUT2D eigenvalue weighted by molar-refractivity contribution is 0.103. The van der Waals surface area contributed by atoms with Crippen molar-refractivity contribution < 1.29 is 14.4 Å². The van der Waals surface area contributed by atoms with Crippen molar-refractivity contribution in [2.45, 2.75) is 0 Å². The van der Waals surface area contributed by atoms with E-state index in [9.17, 15) is 4.57 Å². The second kappa shape index (κ2) is 6.27. The largest absolute Gasteiger partial charge is 0.394 e. The van der Waals surface area contributed by atoms with Crippen molar-refractivity contribution in [1.29, 1.82) is 0 Å².